The number of piperidine rings is 1. The van der Waals surface area contributed by atoms with Gasteiger partial charge >= 0.3 is 5.97 Å². The molecule has 1 aromatic rings. The number of aryl methyl sites for hydroxylation is 1. The van der Waals surface area contributed by atoms with Crippen molar-refractivity contribution in [3.63, 3.8) is 0 Å². The van der Waals surface area contributed by atoms with Crippen molar-refractivity contribution in [2.24, 2.45) is 5.92 Å². The molecule has 2 rings (SSSR count). The van der Waals surface area contributed by atoms with Crippen molar-refractivity contribution in [1.29, 1.82) is 0 Å². The Hall–Kier alpha value is -1.47. The number of aliphatic carboxylic acids is 1. The summed E-state index contributed by atoms with van der Waals surface area (Å²) in [5.74, 6) is -2.39. The number of carboxylic acid groups (broad SMARTS) is 1. The van der Waals surface area contributed by atoms with E-state index in [1.165, 1.54) is 16.4 Å². The molecule has 1 aliphatic rings. The molecule has 1 N–H and O–H groups in total. The van der Waals surface area contributed by atoms with E-state index in [1.54, 1.807) is 13.0 Å². The number of rotatable bonds is 4. The summed E-state index contributed by atoms with van der Waals surface area (Å²) >= 11 is 0. The number of nitrogens with zero attached hydrogens (tertiary/aromatic N) is 1. The fourth-order valence-electron chi connectivity index (χ4n) is 2.42. The summed E-state index contributed by atoms with van der Waals surface area (Å²) in [6.07, 6.45) is 1.01. The third-order valence-corrected chi connectivity index (χ3v) is 5.53. The van der Waals surface area contributed by atoms with Crippen LogP contribution in [0.4, 0.5) is 4.39 Å². The molecule has 1 saturated heterocycles. The van der Waals surface area contributed by atoms with Crippen molar-refractivity contribution in [2.45, 2.75) is 25.5 Å². The fraction of sp³-hybridized carbons (Fsp3) is 0.500. The summed E-state index contributed by atoms with van der Waals surface area (Å²) < 4.78 is 39.3. The van der Waals surface area contributed by atoms with Gasteiger partial charge in [0.2, 0.25) is 10.0 Å². The van der Waals surface area contributed by atoms with Crippen LogP contribution in [0.2, 0.25) is 0 Å². The van der Waals surface area contributed by atoms with Crippen LogP contribution >= 0.6 is 0 Å². The maximum atomic E-state index is 13.5. The summed E-state index contributed by atoms with van der Waals surface area (Å²) in [5, 5.41) is 9.01. The van der Waals surface area contributed by atoms with Gasteiger partial charge in [0.05, 0.1) is 11.7 Å². The van der Waals surface area contributed by atoms with Gasteiger partial charge in [0.15, 0.2) is 0 Å². The lowest BCUT2D eigenvalue weighted by Crippen LogP contribution is -2.42. The van der Waals surface area contributed by atoms with E-state index in [1.807, 2.05) is 0 Å². The lowest BCUT2D eigenvalue weighted by atomic mass is 10.0. The molecule has 0 spiro atoms. The molecule has 1 fully saturated rings. The minimum atomic E-state index is -3.63. The maximum Gasteiger partial charge on any atom is 0.307 e. The van der Waals surface area contributed by atoms with Gasteiger partial charge in [0, 0.05) is 13.1 Å². The van der Waals surface area contributed by atoms with Crippen molar-refractivity contribution in [3.8, 4) is 0 Å². The van der Waals surface area contributed by atoms with E-state index in [-0.39, 0.29) is 12.3 Å². The Labute approximate surface area is 123 Å². The number of hydrogen-bond donors (Lipinski definition) is 1. The molecule has 116 valence electrons. The highest BCUT2D eigenvalue weighted by Crippen LogP contribution is 2.22. The van der Waals surface area contributed by atoms with Gasteiger partial charge in [0.25, 0.3) is 0 Å². The zero-order chi connectivity index (χ0) is 15.6. The maximum absolute atomic E-state index is 13.5. The van der Waals surface area contributed by atoms with E-state index in [4.69, 9.17) is 5.11 Å². The Kier molecular flexibility index (Phi) is 4.63. The van der Waals surface area contributed by atoms with Crippen molar-refractivity contribution >= 4 is 16.0 Å². The van der Waals surface area contributed by atoms with Gasteiger partial charge in [-0.3, -0.25) is 4.79 Å². The van der Waals surface area contributed by atoms with E-state index in [2.05, 4.69) is 0 Å². The summed E-state index contributed by atoms with van der Waals surface area (Å²) in [6, 6.07) is 4.33. The standard InChI is InChI=1S/C14H18FNO4S/c1-10-4-5-11(7-13(10)15)9-21(19,20)16-6-2-3-12(8-16)14(17)18/h4-5,7,12H,2-3,6,8-9H2,1H3,(H,17,18). The van der Waals surface area contributed by atoms with E-state index in [0.717, 1.165) is 0 Å². The molecule has 1 heterocycles. The molecule has 0 aromatic heterocycles. The van der Waals surface area contributed by atoms with Crippen molar-refractivity contribution < 1.29 is 22.7 Å². The molecular weight excluding hydrogens is 297 g/mol. The monoisotopic (exact) mass is 315 g/mol. The molecular formula is C14H18FNO4S. The highest BCUT2D eigenvalue weighted by Gasteiger charge is 2.32. The average Bonchev–Trinajstić information content (AvgIpc) is 2.43. The van der Waals surface area contributed by atoms with Crippen LogP contribution in [-0.2, 0) is 20.6 Å². The Morgan fingerprint density at radius 2 is 2.19 bits per heavy atom. The molecule has 7 heteroatoms. The summed E-state index contributed by atoms with van der Waals surface area (Å²) in [7, 11) is -3.63. The predicted molar refractivity (Wildman–Crippen MR) is 75.7 cm³/mol. The average molecular weight is 315 g/mol. The lowest BCUT2D eigenvalue weighted by Gasteiger charge is -2.29. The Morgan fingerprint density at radius 1 is 1.48 bits per heavy atom. The number of carboxylic acids is 1. The van der Waals surface area contributed by atoms with Crippen molar-refractivity contribution in [1.82, 2.24) is 4.31 Å². The highest BCUT2D eigenvalue weighted by molar-refractivity contribution is 7.88. The van der Waals surface area contributed by atoms with Crippen LogP contribution in [0.3, 0.4) is 0 Å². The Bertz CT molecular complexity index is 644. The van der Waals surface area contributed by atoms with E-state index < -0.39 is 27.7 Å². The summed E-state index contributed by atoms with van der Waals surface area (Å²) in [6.45, 7) is 1.92. The van der Waals surface area contributed by atoms with Crippen LogP contribution in [0.25, 0.3) is 0 Å². The van der Waals surface area contributed by atoms with Gasteiger partial charge in [-0.05, 0) is 37.0 Å². The molecule has 1 atom stereocenters. The molecule has 1 unspecified atom stereocenters. The second-order valence-electron chi connectivity index (χ2n) is 5.38. The van der Waals surface area contributed by atoms with Crippen LogP contribution in [0.15, 0.2) is 18.2 Å². The first-order valence-corrected chi connectivity index (χ1v) is 8.36. The zero-order valence-corrected chi connectivity index (χ0v) is 12.6. The highest BCUT2D eigenvalue weighted by atomic mass is 32.2. The van der Waals surface area contributed by atoms with Gasteiger partial charge in [-0.15, -0.1) is 0 Å². The van der Waals surface area contributed by atoms with E-state index in [0.29, 0.717) is 30.5 Å². The second kappa shape index (κ2) is 6.11. The van der Waals surface area contributed by atoms with Crippen molar-refractivity contribution in [2.75, 3.05) is 13.1 Å². The molecule has 0 saturated carbocycles. The molecule has 0 aliphatic carbocycles. The summed E-state index contributed by atoms with van der Waals surface area (Å²) in [4.78, 5) is 11.0. The third-order valence-electron chi connectivity index (χ3n) is 3.71. The molecule has 1 aromatic carbocycles. The molecule has 0 radical (unpaired) electrons. The smallest absolute Gasteiger partial charge is 0.307 e. The van der Waals surface area contributed by atoms with Gasteiger partial charge in [-0.1, -0.05) is 12.1 Å². The van der Waals surface area contributed by atoms with Crippen LogP contribution in [0, 0.1) is 18.7 Å². The molecule has 21 heavy (non-hydrogen) atoms. The molecule has 5 nitrogen and oxygen atoms in total. The minimum absolute atomic E-state index is 0.00793. The SMILES string of the molecule is Cc1ccc(CS(=O)(=O)N2CCCC(C(=O)O)C2)cc1F. The van der Waals surface area contributed by atoms with Gasteiger partial charge in [-0.2, -0.15) is 0 Å². The number of halogens is 1. The second-order valence-corrected chi connectivity index (χ2v) is 7.34. The van der Waals surface area contributed by atoms with Crippen LogP contribution in [-0.4, -0.2) is 36.9 Å². The number of hydrogen-bond acceptors (Lipinski definition) is 3. The van der Waals surface area contributed by atoms with Crippen LogP contribution < -0.4 is 0 Å². The minimum Gasteiger partial charge on any atom is -0.481 e. The number of benzene rings is 1. The van der Waals surface area contributed by atoms with Crippen LogP contribution in [0.5, 0.6) is 0 Å². The fourth-order valence-corrected chi connectivity index (χ4v) is 4.02. The Morgan fingerprint density at radius 3 is 2.81 bits per heavy atom. The summed E-state index contributed by atoms with van der Waals surface area (Å²) in [5.41, 5.74) is 0.829. The van der Waals surface area contributed by atoms with Gasteiger partial charge in [0.1, 0.15) is 5.82 Å². The Balaban J connectivity index is 2.14. The van der Waals surface area contributed by atoms with Crippen LogP contribution in [0.1, 0.15) is 24.0 Å². The molecule has 0 amide bonds. The first kappa shape index (κ1) is 15.9. The third kappa shape index (κ3) is 3.79. The van der Waals surface area contributed by atoms with Gasteiger partial charge in [-0.25, -0.2) is 17.1 Å². The normalized spacial score (nSPS) is 20.4. The first-order valence-electron chi connectivity index (χ1n) is 6.75. The van der Waals surface area contributed by atoms with E-state index in [9.17, 15) is 17.6 Å². The quantitative estimate of drug-likeness (QED) is 0.919. The number of sulfonamides is 1. The molecule has 1 aliphatic heterocycles. The largest absolute Gasteiger partial charge is 0.481 e. The molecule has 0 bridgehead atoms. The van der Waals surface area contributed by atoms with Crippen molar-refractivity contribution in [3.05, 3.63) is 35.1 Å². The predicted octanol–water partition coefficient (Wildman–Crippen LogP) is 1.76. The van der Waals surface area contributed by atoms with Gasteiger partial charge < -0.3 is 5.11 Å². The zero-order valence-electron chi connectivity index (χ0n) is 11.8. The van der Waals surface area contributed by atoms with E-state index >= 15 is 0 Å². The topological polar surface area (TPSA) is 74.7 Å². The lowest BCUT2D eigenvalue weighted by molar-refractivity contribution is -0.142. The number of carbonyl (C=O) groups is 1. The first-order chi connectivity index (χ1) is 9.79.